The second kappa shape index (κ2) is 5.98. The van der Waals surface area contributed by atoms with E-state index in [4.69, 9.17) is 0 Å². The molecule has 1 fully saturated rings. The van der Waals surface area contributed by atoms with Crippen molar-refractivity contribution in [1.82, 2.24) is 15.3 Å². The summed E-state index contributed by atoms with van der Waals surface area (Å²) in [6.07, 6.45) is 0.888. The van der Waals surface area contributed by atoms with Crippen molar-refractivity contribution in [3.8, 4) is 0 Å². The fourth-order valence-corrected chi connectivity index (χ4v) is 2.18. The predicted molar refractivity (Wildman–Crippen MR) is 74.2 cm³/mol. The lowest BCUT2D eigenvalue weighted by atomic mass is 10.1. The highest BCUT2D eigenvalue weighted by Gasteiger charge is 2.22. The minimum atomic E-state index is -0.479. The van der Waals surface area contributed by atoms with Gasteiger partial charge in [-0.05, 0) is 18.6 Å². The van der Waals surface area contributed by atoms with Crippen LogP contribution < -0.4 is 5.32 Å². The zero-order valence-corrected chi connectivity index (χ0v) is 11.6. The van der Waals surface area contributed by atoms with Crippen molar-refractivity contribution in [3.63, 3.8) is 0 Å². The van der Waals surface area contributed by atoms with E-state index in [1.54, 1.807) is 0 Å². The normalized spacial score (nSPS) is 20.6. The molecule has 7 nitrogen and oxygen atoms in total. The van der Waals surface area contributed by atoms with Gasteiger partial charge in [0.1, 0.15) is 0 Å². The van der Waals surface area contributed by atoms with Gasteiger partial charge < -0.3 is 5.32 Å². The number of hydrazine groups is 1. The van der Waals surface area contributed by atoms with Crippen LogP contribution in [0, 0.1) is 10.1 Å². The molecular formula is C13H18N4O3. The average Bonchev–Trinajstić information content (AvgIpc) is 2.43. The summed E-state index contributed by atoms with van der Waals surface area (Å²) in [5.74, 6) is -0.192. The summed E-state index contributed by atoms with van der Waals surface area (Å²) in [7, 11) is 3.98. The largest absolute Gasteiger partial charge is 0.348 e. The van der Waals surface area contributed by atoms with Gasteiger partial charge in [-0.3, -0.25) is 14.9 Å². The highest BCUT2D eigenvalue weighted by molar-refractivity contribution is 5.94. The topological polar surface area (TPSA) is 78.7 Å². The number of nitro benzene ring substituents is 1. The maximum absolute atomic E-state index is 12.1. The summed E-state index contributed by atoms with van der Waals surface area (Å²) in [5, 5.41) is 17.7. The van der Waals surface area contributed by atoms with Crippen LogP contribution in [0.1, 0.15) is 16.8 Å². The molecule has 0 spiro atoms. The van der Waals surface area contributed by atoms with E-state index in [1.165, 1.54) is 24.3 Å². The molecule has 0 aliphatic carbocycles. The number of nitrogens with zero attached hydrogens (tertiary/aromatic N) is 3. The summed E-state index contributed by atoms with van der Waals surface area (Å²) in [6.45, 7) is 1.65. The number of hydrogen-bond donors (Lipinski definition) is 1. The zero-order valence-electron chi connectivity index (χ0n) is 11.6. The van der Waals surface area contributed by atoms with Crippen LogP contribution in [-0.4, -0.2) is 54.1 Å². The molecule has 0 radical (unpaired) electrons. The Balaban J connectivity index is 1.96. The molecule has 1 aliphatic heterocycles. The molecule has 1 N–H and O–H groups in total. The van der Waals surface area contributed by atoms with E-state index in [2.05, 4.69) is 15.3 Å². The van der Waals surface area contributed by atoms with Gasteiger partial charge in [-0.15, -0.1) is 0 Å². The van der Waals surface area contributed by atoms with Gasteiger partial charge in [-0.25, -0.2) is 10.0 Å². The third kappa shape index (κ3) is 3.31. The molecule has 0 saturated carbocycles. The number of non-ortho nitro benzene ring substituents is 1. The molecule has 1 saturated heterocycles. The Bertz CT molecular complexity index is 503. The van der Waals surface area contributed by atoms with Crippen molar-refractivity contribution in [2.75, 3.05) is 27.2 Å². The summed E-state index contributed by atoms with van der Waals surface area (Å²) in [5.41, 5.74) is 0.428. The third-order valence-corrected chi connectivity index (χ3v) is 3.54. The first-order chi connectivity index (χ1) is 9.47. The lowest BCUT2D eigenvalue weighted by molar-refractivity contribution is -0.384. The number of amides is 1. The quantitative estimate of drug-likeness (QED) is 0.656. The van der Waals surface area contributed by atoms with Gasteiger partial charge >= 0.3 is 0 Å². The molecule has 0 bridgehead atoms. The first-order valence-electron chi connectivity index (χ1n) is 6.45. The maximum atomic E-state index is 12.1. The summed E-state index contributed by atoms with van der Waals surface area (Å²) in [6, 6.07) is 5.74. The summed E-state index contributed by atoms with van der Waals surface area (Å²) >= 11 is 0. The van der Waals surface area contributed by atoms with Crippen LogP contribution in [0.25, 0.3) is 0 Å². The van der Waals surface area contributed by atoms with Gasteiger partial charge in [0.2, 0.25) is 0 Å². The van der Waals surface area contributed by atoms with E-state index < -0.39 is 4.92 Å². The van der Waals surface area contributed by atoms with Gasteiger partial charge in [0.15, 0.2) is 0 Å². The van der Waals surface area contributed by atoms with Gasteiger partial charge in [0, 0.05) is 50.9 Å². The van der Waals surface area contributed by atoms with Crippen LogP contribution in [0.5, 0.6) is 0 Å². The fraction of sp³-hybridized carbons (Fsp3) is 0.462. The molecule has 1 amide bonds. The van der Waals surface area contributed by atoms with Crippen LogP contribution in [0.4, 0.5) is 5.69 Å². The molecule has 0 aromatic heterocycles. The predicted octanol–water partition coefficient (Wildman–Crippen LogP) is 0.875. The summed E-state index contributed by atoms with van der Waals surface area (Å²) in [4.78, 5) is 22.2. The standard InChI is InChI=1S/C13H18N4O3/c1-15-8-7-11(9-16(15)2)14-13(18)10-3-5-12(6-4-10)17(19)20/h3-6,11H,7-9H2,1-2H3,(H,14,18). The molecule has 1 aromatic carbocycles. The average molecular weight is 278 g/mol. The van der Waals surface area contributed by atoms with E-state index in [1.807, 2.05) is 14.1 Å². The Labute approximate surface area is 117 Å². The van der Waals surface area contributed by atoms with Gasteiger partial charge in [0.25, 0.3) is 11.6 Å². The Kier molecular flexibility index (Phi) is 4.31. The zero-order chi connectivity index (χ0) is 14.7. The minimum absolute atomic E-state index is 0.0134. The first-order valence-corrected chi connectivity index (χ1v) is 6.45. The summed E-state index contributed by atoms with van der Waals surface area (Å²) < 4.78 is 0. The van der Waals surface area contributed by atoms with Crippen LogP contribution in [-0.2, 0) is 0 Å². The number of likely N-dealkylation sites (N-methyl/N-ethyl adjacent to an activating group) is 1. The number of carbonyl (C=O) groups excluding carboxylic acids is 1. The highest BCUT2D eigenvalue weighted by Crippen LogP contribution is 2.13. The number of benzene rings is 1. The smallest absolute Gasteiger partial charge is 0.269 e. The molecular weight excluding hydrogens is 260 g/mol. The number of rotatable bonds is 3. The minimum Gasteiger partial charge on any atom is -0.348 e. The fourth-order valence-electron chi connectivity index (χ4n) is 2.18. The molecule has 7 heteroatoms. The van der Waals surface area contributed by atoms with Crippen molar-refractivity contribution in [3.05, 3.63) is 39.9 Å². The molecule has 108 valence electrons. The number of nitro groups is 1. The number of hydrogen-bond acceptors (Lipinski definition) is 5. The van der Waals surface area contributed by atoms with Gasteiger partial charge in [-0.2, -0.15) is 0 Å². The molecule has 1 unspecified atom stereocenters. The molecule has 1 aliphatic rings. The lowest BCUT2D eigenvalue weighted by Crippen LogP contribution is -2.53. The Morgan fingerprint density at radius 1 is 1.30 bits per heavy atom. The number of carbonyl (C=O) groups is 1. The monoisotopic (exact) mass is 278 g/mol. The van der Waals surface area contributed by atoms with E-state index in [-0.39, 0.29) is 17.6 Å². The van der Waals surface area contributed by atoms with E-state index in [9.17, 15) is 14.9 Å². The van der Waals surface area contributed by atoms with Crippen LogP contribution >= 0.6 is 0 Å². The van der Waals surface area contributed by atoms with E-state index in [0.717, 1.165) is 19.5 Å². The van der Waals surface area contributed by atoms with E-state index >= 15 is 0 Å². The van der Waals surface area contributed by atoms with Crippen molar-refractivity contribution in [2.24, 2.45) is 0 Å². The number of nitrogens with one attached hydrogen (secondary N) is 1. The van der Waals surface area contributed by atoms with Crippen LogP contribution in [0.15, 0.2) is 24.3 Å². The Hall–Kier alpha value is -1.99. The second-order valence-corrected chi connectivity index (χ2v) is 4.98. The van der Waals surface area contributed by atoms with Crippen molar-refractivity contribution in [2.45, 2.75) is 12.5 Å². The van der Waals surface area contributed by atoms with Crippen LogP contribution in [0.3, 0.4) is 0 Å². The second-order valence-electron chi connectivity index (χ2n) is 4.98. The van der Waals surface area contributed by atoms with E-state index in [0.29, 0.717) is 5.56 Å². The lowest BCUT2D eigenvalue weighted by Gasteiger charge is -2.37. The van der Waals surface area contributed by atoms with Gasteiger partial charge in [0.05, 0.1) is 4.92 Å². The maximum Gasteiger partial charge on any atom is 0.269 e. The van der Waals surface area contributed by atoms with Gasteiger partial charge in [-0.1, -0.05) is 0 Å². The molecule has 1 heterocycles. The van der Waals surface area contributed by atoms with Crippen molar-refractivity contribution in [1.29, 1.82) is 0 Å². The Morgan fingerprint density at radius 2 is 1.95 bits per heavy atom. The van der Waals surface area contributed by atoms with Crippen LogP contribution in [0.2, 0.25) is 0 Å². The SMILES string of the molecule is CN1CCC(NC(=O)c2ccc([N+](=O)[O-])cc2)CN1C. The highest BCUT2D eigenvalue weighted by atomic mass is 16.6. The molecule has 1 atom stereocenters. The first kappa shape index (κ1) is 14.4. The molecule has 1 aromatic rings. The Morgan fingerprint density at radius 3 is 2.50 bits per heavy atom. The van der Waals surface area contributed by atoms with Crippen molar-refractivity contribution < 1.29 is 9.72 Å². The van der Waals surface area contributed by atoms with Crippen molar-refractivity contribution >= 4 is 11.6 Å². The molecule has 20 heavy (non-hydrogen) atoms. The molecule has 2 rings (SSSR count). The third-order valence-electron chi connectivity index (χ3n) is 3.54.